The number of aryl methyl sites for hydroxylation is 1. The van der Waals surface area contributed by atoms with E-state index in [0.717, 1.165) is 28.4 Å². The second kappa shape index (κ2) is 5.80. The van der Waals surface area contributed by atoms with E-state index in [-0.39, 0.29) is 11.5 Å². The Hall–Kier alpha value is -1.96. The number of nitrogens with zero attached hydrogens (tertiary/aromatic N) is 2. The first kappa shape index (κ1) is 15.4. The highest BCUT2D eigenvalue weighted by molar-refractivity contribution is 9.10. The molecular formula is C13H9BrF3N3O. The van der Waals surface area contributed by atoms with Crippen LogP contribution in [0.4, 0.5) is 19.0 Å². The quantitative estimate of drug-likeness (QED) is 0.886. The third kappa shape index (κ3) is 3.78. The predicted octanol–water partition coefficient (Wildman–Crippen LogP) is 3.82. The Balaban J connectivity index is 2.21. The number of anilines is 1. The Kier molecular flexibility index (Phi) is 4.26. The highest BCUT2D eigenvalue weighted by Gasteiger charge is 2.30. The van der Waals surface area contributed by atoms with Crippen molar-refractivity contribution in [1.29, 1.82) is 0 Å². The van der Waals surface area contributed by atoms with Crippen molar-refractivity contribution in [3.8, 4) is 0 Å². The van der Waals surface area contributed by atoms with Gasteiger partial charge in [0.25, 0.3) is 5.91 Å². The average molecular weight is 360 g/mol. The van der Waals surface area contributed by atoms with E-state index in [1.165, 1.54) is 12.3 Å². The first-order valence-corrected chi connectivity index (χ1v) is 6.53. The van der Waals surface area contributed by atoms with E-state index in [1.807, 2.05) is 0 Å². The number of carbonyl (C=O) groups is 1. The molecule has 0 aliphatic heterocycles. The van der Waals surface area contributed by atoms with E-state index < -0.39 is 17.6 Å². The number of hydrogen-bond donors (Lipinski definition) is 1. The Bertz CT molecular complexity index is 689. The highest BCUT2D eigenvalue weighted by atomic mass is 79.9. The number of carbonyl (C=O) groups excluding carboxylic acids is 1. The van der Waals surface area contributed by atoms with Crippen LogP contribution >= 0.6 is 15.9 Å². The van der Waals surface area contributed by atoms with Crippen molar-refractivity contribution in [1.82, 2.24) is 9.97 Å². The van der Waals surface area contributed by atoms with E-state index in [4.69, 9.17) is 0 Å². The van der Waals surface area contributed by atoms with E-state index in [1.54, 1.807) is 6.92 Å². The Morgan fingerprint density at radius 1 is 1.29 bits per heavy atom. The lowest BCUT2D eigenvalue weighted by Gasteiger charge is -2.09. The molecule has 0 saturated carbocycles. The molecule has 0 aromatic carbocycles. The van der Waals surface area contributed by atoms with Gasteiger partial charge in [-0.1, -0.05) is 0 Å². The summed E-state index contributed by atoms with van der Waals surface area (Å²) in [5, 5.41) is 2.29. The van der Waals surface area contributed by atoms with E-state index in [2.05, 4.69) is 31.2 Å². The molecule has 0 saturated heterocycles. The minimum atomic E-state index is -4.49. The van der Waals surface area contributed by atoms with Crippen molar-refractivity contribution in [2.24, 2.45) is 0 Å². The molecule has 1 N–H and O–H groups in total. The van der Waals surface area contributed by atoms with Gasteiger partial charge in [-0.2, -0.15) is 13.2 Å². The van der Waals surface area contributed by atoms with Crippen LogP contribution < -0.4 is 5.32 Å². The van der Waals surface area contributed by atoms with Crippen LogP contribution in [0.3, 0.4) is 0 Å². The van der Waals surface area contributed by atoms with Crippen LogP contribution in [0.1, 0.15) is 21.6 Å². The lowest BCUT2D eigenvalue weighted by molar-refractivity contribution is -0.137. The number of alkyl halides is 3. The van der Waals surface area contributed by atoms with Crippen LogP contribution in [0, 0.1) is 6.92 Å². The van der Waals surface area contributed by atoms with Crippen LogP contribution in [0.5, 0.6) is 0 Å². The number of nitrogens with one attached hydrogen (secondary N) is 1. The lowest BCUT2D eigenvalue weighted by atomic mass is 10.2. The van der Waals surface area contributed by atoms with Crippen LogP contribution in [0.2, 0.25) is 0 Å². The minimum Gasteiger partial charge on any atom is -0.305 e. The molecule has 0 aliphatic carbocycles. The summed E-state index contributed by atoms with van der Waals surface area (Å²) in [6.45, 7) is 1.77. The topological polar surface area (TPSA) is 54.9 Å². The monoisotopic (exact) mass is 359 g/mol. The van der Waals surface area contributed by atoms with Gasteiger partial charge in [0.15, 0.2) is 0 Å². The zero-order chi connectivity index (χ0) is 15.6. The fraction of sp³-hybridized carbons (Fsp3) is 0.154. The summed E-state index contributed by atoms with van der Waals surface area (Å²) < 4.78 is 38.4. The van der Waals surface area contributed by atoms with Crippen molar-refractivity contribution in [2.75, 3.05) is 5.32 Å². The SMILES string of the molecule is Cc1cc(C(=O)Nc2cc(C(F)(F)F)ccn2)ncc1Br. The Morgan fingerprint density at radius 2 is 2.00 bits per heavy atom. The number of hydrogen-bond acceptors (Lipinski definition) is 3. The molecule has 0 bridgehead atoms. The number of pyridine rings is 2. The molecule has 8 heteroatoms. The predicted molar refractivity (Wildman–Crippen MR) is 73.9 cm³/mol. The molecule has 0 radical (unpaired) electrons. The van der Waals surface area contributed by atoms with Crippen molar-refractivity contribution in [3.63, 3.8) is 0 Å². The van der Waals surface area contributed by atoms with Gasteiger partial charge in [0, 0.05) is 16.9 Å². The molecule has 0 atom stereocenters. The van der Waals surface area contributed by atoms with Gasteiger partial charge in [-0.25, -0.2) is 9.97 Å². The van der Waals surface area contributed by atoms with E-state index in [0.29, 0.717) is 0 Å². The van der Waals surface area contributed by atoms with Crippen molar-refractivity contribution in [3.05, 3.63) is 51.9 Å². The van der Waals surface area contributed by atoms with Crippen LogP contribution in [0.15, 0.2) is 35.1 Å². The molecule has 0 spiro atoms. The number of rotatable bonds is 2. The molecule has 110 valence electrons. The van der Waals surface area contributed by atoms with Gasteiger partial charge < -0.3 is 5.32 Å². The maximum atomic E-state index is 12.6. The van der Waals surface area contributed by atoms with Gasteiger partial charge in [-0.15, -0.1) is 0 Å². The highest BCUT2D eigenvalue weighted by Crippen LogP contribution is 2.29. The van der Waals surface area contributed by atoms with Gasteiger partial charge in [-0.3, -0.25) is 4.79 Å². The van der Waals surface area contributed by atoms with Crippen LogP contribution in [-0.2, 0) is 6.18 Å². The molecule has 4 nitrogen and oxygen atoms in total. The summed E-state index contributed by atoms with van der Waals surface area (Å²) in [5.74, 6) is -0.811. The van der Waals surface area contributed by atoms with E-state index in [9.17, 15) is 18.0 Å². The third-order valence-electron chi connectivity index (χ3n) is 2.61. The molecule has 21 heavy (non-hydrogen) atoms. The second-order valence-electron chi connectivity index (χ2n) is 4.20. The van der Waals surface area contributed by atoms with Gasteiger partial charge in [-0.05, 0) is 46.6 Å². The Labute approximate surface area is 126 Å². The molecule has 2 rings (SSSR count). The normalized spacial score (nSPS) is 11.3. The minimum absolute atomic E-state index is 0.0925. The molecule has 2 aromatic rings. The molecule has 2 aromatic heterocycles. The molecule has 0 fully saturated rings. The van der Waals surface area contributed by atoms with Gasteiger partial charge in [0.2, 0.25) is 0 Å². The number of aromatic nitrogens is 2. The fourth-order valence-electron chi connectivity index (χ4n) is 1.52. The van der Waals surface area contributed by atoms with Crippen molar-refractivity contribution < 1.29 is 18.0 Å². The smallest absolute Gasteiger partial charge is 0.305 e. The van der Waals surface area contributed by atoms with Gasteiger partial charge in [0.05, 0.1) is 5.56 Å². The molecule has 1 amide bonds. The molecular weight excluding hydrogens is 351 g/mol. The van der Waals surface area contributed by atoms with Crippen molar-refractivity contribution in [2.45, 2.75) is 13.1 Å². The van der Waals surface area contributed by atoms with Gasteiger partial charge >= 0.3 is 6.18 Å². The van der Waals surface area contributed by atoms with E-state index >= 15 is 0 Å². The third-order valence-corrected chi connectivity index (χ3v) is 3.44. The summed E-state index contributed by atoms with van der Waals surface area (Å²) in [4.78, 5) is 19.5. The first-order chi connectivity index (χ1) is 9.77. The summed E-state index contributed by atoms with van der Waals surface area (Å²) in [5.41, 5.74) is -0.00481. The average Bonchev–Trinajstić information content (AvgIpc) is 2.41. The van der Waals surface area contributed by atoms with Crippen LogP contribution in [0.25, 0.3) is 0 Å². The standard InChI is InChI=1S/C13H9BrF3N3O/c1-7-4-10(19-6-9(7)14)12(21)20-11-5-8(2-3-18-11)13(15,16)17/h2-6H,1H3,(H,18,20,21). The molecule has 0 unspecified atom stereocenters. The summed E-state index contributed by atoms with van der Waals surface area (Å²) in [6.07, 6.45) is -2.06. The summed E-state index contributed by atoms with van der Waals surface area (Å²) in [6, 6.07) is 3.12. The fourth-order valence-corrected chi connectivity index (χ4v) is 1.74. The maximum absolute atomic E-state index is 12.6. The number of halogens is 4. The zero-order valence-corrected chi connectivity index (χ0v) is 12.3. The van der Waals surface area contributed by atoms with Crippen LogP contribution in [-0.4, -0.2) is 15.9 Å². The molecule has 0 aliphatic rings. The zero-order valence-electron chi connectivity index (χ0n) is 10.7. The second-order valence-corrected chi connectivity index (χ2v) is 5.05. The Morgan fingerprint density at radius 3 is 2.62 bits per heavy atom. The maximum Gasteiger partial charge on any atom is 0.416 e. The largest absolute Gasteiger partial charge is 0.416 e. The number of amides is 1. The first-order valence-electron chi connectivity index (χ1n) is 5.74. The molecule has 2 heterocycles. The van der Waals surface area contributed by atoms with Crippen molar-refractivity contribution >= 4 is 27.7 Å². The lowest BCUT2D eigenvalue weighted by Crippen LogP contribution is -2.15. The van der Waals surface area contributed by atoms with Gasteiger partial charge in [0.1, 0.15) is 11.5 Å². The summed E-state index contributed by atoms with van der Waals surface area (Å²) in [7, 11) is 0. The summed E-state index contributed by atoms with van der Waals surface area (Å²) >= 11 is 3.25.